The molecule has 0 saturated carbocycles. The number of nitrogens with one attached hydrogen (secondary N) is 1. The molecule has 4 N–H and O–H groups in total. The van der Waals surface area contributed by atoms with Gasteiger partial charge in [-0.25, -0.2) is 13.6 Å². The molecule has 0 heterocycles. The minimum Gasteiger partial charge on any atom is -0.394 e. The zero-order valence-electron chi connectivity index (χ0n) is 10.7. The summed E-state index contributed by atoms with van der Waals surface area (Å²) < 4.78 is 22.3. The van der Waals surface area contributed by atoms with Crippen LogP contribution in [-0.2, 0) is 10.0 Å². The van der Waals surface area contributed by atoms with E-state index in [1.54, 1.807) is 12.1 Å². The van der Waals surface area contributed by atoms with Crippen molar-refractivity contribution in [1.29, 1.82) is 0 Å². The van der Waals surface area contributed by atoms with E-state index >= 15 is 0 Å². The molecule has 0 aliphatic heterocycles. The standard InChI is InChI=1S/C14H16N2O3S/c15-20(18,19)13-8-6-12(7-9-13)16-14(10-17)11-4-2-1-3-5-11/h1-9,14,16-17H,10H2,(H2,15,18,19). The molecular weight excluding hydrogens is 276 g/mol. The Balaban J connectivity index is 2.17. The van der Waals surface area contributed by atoms with E-state index in [1.807, 2.05) is 30.3 Å². The highest BCUT2D eigenvalue weighted by atomic mass is 32.2. The van der Waals surface area contributed by atoms with Crippen LogP contribution >= 0.6 is 0 Å². The maximum absolute atomic E-state index is 11.2. The van der Waals surface area contributed by atoms with Gasteiger partial charge in [-0.05, 0) is 29.8 Å². The van der Waals surface area contributed by atoms with Gasteiger partial charge in [0.2, 0.25) is 10.0 Å². The van der Waals surface area contributed by atoms with Crippen molar-refractivity contribution in [2.24, 2.45) is 5.14 Å². The van der Waals surface area contributed by atoms with Crippen molar-refractivity contribution in [3.8, 4) is 0 Å². The predicted octanol–water partition coefficient (Wildman–Crippen LogP) is 1.48. The molecule has 1 atom stereocenters. The largest absolute Gasteiger partial charge is 0.394 e. The molecule has 106 valence electrons. The summed E-state index contributed by atoms with van der Waals surface area (Å²) >= 11 is 0. The summed E-state index contributed by atoms with van der Waals surface area (Å²) in [5, 5.41) is 17.6. The second kappa shape index (κ2) is 6.04. The van der Waals surface area contributed by atoms with E-state index in [9.17, 15) is 13.5 Å². The van der Waals surface area contributed by atoms with Crippen molar-refractivity contribution in [3.05, 3.63) is 60.2 Å². The summed E-state index contributed by atoms with van der Waals surface area (Å²) in [4.78, 5) is 0.0586. The summed E-state index contributed by atoms with van der Waals surface area (Å²) in [6.07, 6.45) is 0. The third-order valence-corrected chi connectivity index (χ3v) is 3.84. The lowest BCUT2D eigenvalue weighted by molar-refractivity contribution is 0.276. The molecule has 5 nitrogen and oxygen atoms in total. The van der Waals surface area contributed by atoms with E-state index in [4.69, 9.17) is 5.14 Å². The van der Waals surface area contributed by atoms with Gasteiger partial charge in [-0.2, -0.15) is 0 Å². The lowest BCUT2D eigenvalue weighted by Gasteiger charge is -2.18. The van der Waals surface area contributed by atoms with Crippen LogP contribution in [0, 0.1) is 0 Å². The van der Waals surface area contributed by atoms with Crippen LogP contribution in [0.2, 0.25) is 0 Å². The average molecular weight is 292 g/mol. The summed E-state index contributed by atoms with van der Waals surface area (Å²) in [5.41, 5.74) is 1.66. The Bertz CT molecular complexity index is 655. The summed E-state index contributed by atoms with van der Waals surface area (Å²) in [7, 11) is -3.68. The Morgan fingerprint density at radius 2 is 1.65 bits per heavy atom. The smallest absolute Gasteiger partial charge is 0.238 e. The van der Waals surface area contributed by atoms with Gasteiger partial charge >= 0.3 is 0 Å². The highest BCUT2D eigenvalue weighted by Crippen LogP contribution is 2.20. The molecule has 0 amide bonds. The Kier molecular flexibility index (Phi) is 4.39. The Labute approximate surface area is 118 Å². The molecule has 20 heavy (non-hydrogen) atoms. The van der Waals surface area contributed by atoms with Gasteiger partial charge in [0.25, 0.3) is 0 Å². The molecule has 2 rings (SSSR count). The number of hydrogen-bond donors (Lipinski definition) is 3. The van der Waals surface area contributed by atoms with Crippen molar-refractivity contribution >= 4 is 15.7 Å². The SMILES string of the molecule is NS(=O)(=O)c1ccc(NC(CO)c2ccccc2)cc1. The molecule has 6 heteroatoms. The van der Waals surface area contributed by atoms with Crippen molar-refractivity contribution in [2.75, 3.05) is 11.9 Å². The van der Waals surface area contributed by atoms with Crippen molar-refractivity contribution in [3.63, 3.8) is 0 Å². The number of aliphatic hydroxyl groups excluding tert-OH is 1. The van der Waals surface area contributed by atoms with E-state index in [-0.39, 0.29) is 17.5 Å². The monoisotopic (exact) mass is 292 g/mol. The maximum atomic E-state index is 11.2. The van der Waals surface area contributed by atoms with Crippen molar-refractivity contribution in [1.82, 2.24) is 0 Å². The van der Waals surface area contributed by atoms with Gasteiger partial charge in [-0.3, -0.25) is 0 Å². The first-order valence-electron chi connectivity index (χ1n) is 6.06. The van der Waals surface area contributed by atoms with E-state index < -0.39 is 10.0 Å². The number of primary sulfonamides is 1. The molecule has 2 aromatic rings. The van der Waals surface area contributed by atoms with E-state index in [1.165, 1.54) is 12.1 Å². The van der Waals surface area contributed by atoms with Crippen LogP contribution < -0.4 is 10.5 Å². The molecule has 0 aliphatic rings. The highest BCUT2D eigenvalue weighted by Gasteiger charge is 2.11. The molecule has 0 spiro atoms. The van der Waals surface area contributed by atoms with E-state index in [2.05, 4.69) is 5.32 Å². The fraction of sp³-hybridized carbons (Fsp3) is 0.143. The first-order chi connectivity index (χ1) is 9.50. The lowest BCUT2D eigenvalue weighted by atomic mass is 10.1. The van der Waals surface area contributed by atoms with Gasteiger partial charge in [0.1, 0.15) is 0 Å². The summed E-state index contributed by atoms with van der Waals surface area (Å²) in [6.45, 7) is -0.0685. The maximum Gasteiger partial charge on any atom is 0.238 e. The molecule has 0 saturated heterocycles. The third kappa shape index (κ3) is 3.57. The van der Waals surface area contributed by atoms with Gasteiger partial charge in [0.05, 0.1) is 17.5 Å². The van der Waals surface area contributed by atoms with Crippen molar-refractivity contribution < 1.29 is 13.5 Å². The van der Waals surface area contributed by atoms with Gasteiger partial charge in [-0.15, -0.1) is 0 Å². The van der Waals surface area contributed by atoms with Gasteiger partial charge in [0, 0.05) is 5.69 Å². The predicted molar refractivity (Wildman–Crippen MR) is 77.7 cm³/mol. The van der Waals surface area contributed by atoms with Gasteiger partial charge in [-0.1, -0.05) is 30.3 Å². The number of benzene rings is 2. The summed E-state index contributed by atoms with van der Waals surface area (Å²) in [6, 6.07) is 15.3. The molecule has 1 unspecified atom stereocenters. The number of sulfonamides is 1. The average Bonchev–Trinajstić information content (AvgIpc) is 2.45. The van der Waals surface area contributed by atoms with E-state index in [0.717, 1.165) is 5.56 Å². The van der Waals surface area contributed by atoms with Crippen LogP contribution in [0.1, 0.15) is 11.6 Å². The minimum absolute atomic E-state index is 0.0586. The van der Waals surface area contributed by atoms with Crippen LogP contribution in [-0.4, -0.2) is 20.1 Å². The first kappa shape index (κ1) is 14.5. The number of nitrogens with two attached hydrogens (primary N) is 1. The second-order valence-corrected chi connectivity index (χ2v) is 5.92. The number of anilines is 1. The molecule has 0 radical (unpaired) electrons. The Hall–Kier alpha value is -1.89. The Morgan fingerprint density at radius 1 is 1.05 bits per heavy atom. The highest BCUT2D eigenvalue weighted by molar-refractivity contribution is 7.89. The van der Waals surface area contributed by atoms with Crippen LogP contribution in [0.5, 0.6) is 0 Å². The normalized spacial score (nSPS) is 12.9. The Morgan fingerprint density at radius 3 is 2.15 bits per heavy atom. The van der Waals surface area contributed by atoms with Crippen LogP contribution in [0.25, 0.3) is 0 Å². The molecule has 0 aromatic heterocycles. The van der Waals surface area contributed by atoms with Crippen LogP contribution in [0.3, 0.4) is 0 Å². The molecule has 0 bridgehead atoms. The van der Waals surface area contributed by atoms with Crippen LogP contribution in [0.4, 0.5) is 5.69 Å². The molecule has 2 aromatic carbocycles. The number of rotatable bonds is 5. The third-order valence-electron chi connectivity index (χ3n) is 2.91. The van der Waals surface area contributed by atoms with Crippen LogP contribution in [0.15, 0.2) is 59.5 Å². The first-order valence-corrected chi connectivity index (χ1v) is 7.60. The molecular formula is C14H16N2O3S. The van der Waals surface area contributed by atoms with Gasteiger partial charge in [0.15, 0.2) is 0 Å². The minimum atomic E-state index is -3.68. The fourth-order valence-corrected chi connectivity index (χ4v) is 2.38. The molecule has 0 aliphatic carbocycles. The quantitative estimate of drug-likeness (QED) is 0.778. The summed E-state index contributed by atoms with van der Waals surface area (Å²) in [5.74, 6) is 0. The molecule has 0 fully saturated rings. The topological polar surface area (TPSA) is 92.4 Å². The van der Waals surface area contributed by atoms with Gasteiger partial charge < -0.3 is 10.4 Å². The van der Waals surface area contributed by atoms with E-state index in [0.29, 0.717) is 5.69 Å². The number of aliphatic hydroxyl groups is 1. The zero-order valence-corrected chi connectivity index (χ0v) is 11.5. The van der Waals surface area contributed by atoms with Crippen molar-refractivity contribution in [2.45, 2.75) is 10.9 Å². The zero-order chi connectivity index (χ0) is 14.6. The number of hydrogen-bond acceptors (Lipinski definition) is 4. The fourth-order valence-electron chi connectivity index (χ4n) is 1.86. The lowest BCUT2D eigenvalue weighted by Crippen LogP contribution is -2.15. The second-order valence-electron chi connectivity index (χ2n) is 4.36.